The Balaban J connectivity index is 1.74. The van der Waals surface area contributed by atoms with E-state index in [1.807, 2.05) is 18.2 Å². The number of fused-ring (bicyclic) bond motifs is 1. The van der Waals surface area contributed by atoms with Gasteiger partial charge in [0.05, 0.1) is 0 Å². The largest absolute Gasteiger partial charge is 0.398 e. The third-order valence-electron chi connectivity index (χ3n) is 3.53. The van der Waals surface area contributed by atoms with E-state index < -0.39 is 0 Å². The molecule has 1 aliphatic rings. The summed E-state index contributed by atoms with van der Waals surface area (Å²) in [6.07, 6.45) is 3.77. The van der Waals surface area contributed by atoms with Crippen molar-refractivity contribution in [1.82, 2.24) is 0 Å². The molecule has 1 aliphatic carbocycles. The first-order valence-electron chi connectivity index (χ1n) is 6.51. The van der Waals surface area contributed by atoms with E-state index in [0.29, 0.717) is 0 Å². The van der Waals surface area contributed by atoms with Crippen molar-refractivity contribution < 1.29 is 0 Å². The maximum atomic E-state index is 6.01. The average molecular weight is 290 g/mol. The van der Waals surface area contributed by atoms with Crippen molar-refractivity contribution in [1.29, 1.82) is 0 Å². The number of nitrogens with two attached hydrogens (primary N) is 1. The highest BCUT2D eigenvalue weighted by molar-refractivity contribution is 7.98. The summed E-state index contributed by atoms with van der Waals surface area (Å²) in [5.74, 6) is 0.942. The van der Waals surface area contributed by atoms with Gasteiger partial charge in [-0.2, -0.15) is 0 Å². The Kier molecular flexibility index (Phi) is 3.72. The van der Waals surface area contributed by atoms with Gasteiger partial charge in [-0.15, -0.1) is 11.8 Å². The molecule has 3 rings (SSSR count). The number of benzene rings is 2. The van der Waals surface area contributed by atoms with E-state index in [0.717, 1.165) is 21.4 Å². The van der Waals surface area contributed by atoms with E-state index in [2.05, 4.69) is 18.2 Å². The van der Waals surface area contributed by atoms with Crippen molar-refractivity contribution in [2.75, 3.05) is 5.73 Å². The van der Waals surface area contributed by atoms with Crippen molar-refractivity contribution in [2.45, 2.75) is 29.9 Å². The fraction of sp³-hybridized carbons (Fsp3) is 0.250. The summed E-state index contributed by atoms with van der Waals surface area (Å²) in [6.45, 7) is 0. The van der Waals surface area contributed by atoms with Crippen LogP contribution in [0.25, 0.3) is 0 Å². The molecule has 19 heavy (non-hydrogen) atoms. The molecule has 0 spiro atoms. The van der Waals surface area contributed by atoms with Gasteiger partial charge < -0.3 is 5.73 Å². The van der Waals surface area contributed by atoms with Crippen LogP contribution in [-0.2, 0) is 18.6 Å². The van der Waals surface area contributed by atoms with Crippen molar-refractivity contribution in [2.24, 2.45) is 0 Å². The maximum Gasteiger partial charge on any atom is 0.0453 e. The van der Waals surface area contributed by atoms with Crippen molar-refractivity contribution in [3.63, 3.8) is 0 Å². The minimum atomic E-state index is 0.741. The molecule has 0 aliphatic heterocycles. The Hall–Kier alpha value is -1.12. The minimum Gasteiger partial charge on any atom is -0.398 e. The normalized spacial score (nSPS) is 13.5. The summed E-state index contributed by atoms with van der Waals surface area (Å²) in [6, 6.07) is 12.5. The lowest BCUT2D eigenvalue weighted by molar-refractivity contribution is 0.911. The van der Waals surface area contributed by atoms with Crippen molar-refractivity contribution in [3.05, 3.63) is 58.1 Å². The fourth-order valence-corrected chi connectivity index (χ4v) is 3.69. The van der Waals surface area contributed by atoms with Crippen LogP contribution in [0, 0.1) is 0 Å². The highest BCUT2D eigenvalue weighted by atomic mass is 35.5. The first-order chi connectivity index (χ1) is 9.22. The summed E-state index contributed by atoms with van der Waals surface area (Å²) < 4.78 is 0. The molecule has 0 fully saturated rings. The predicted molar refractivity (Wildman–Crippen MR) is 83.9 cm³/mol. The van der Waals surface area contributed by atoms with Gasteiger partial charge in [-0.05, 0) is 54.2 Å². The topological polar surface area (TPSA) is 26.0 Å². The Labute approximate surface area is 123 Å². The molecule has 0 heterocycles. The second-order valence-corrected chi connectivity index (χ2v) is 6.38. The van der Waals surface area contributed by atoms with Gasteiger partial charge in [-0.1, -0.05) is 29.8 Å². The Morgan fingerprint density at radius 2 is 1.89 bits per heavy atom. The van der Waals surface area contributed by atoms with Crippen LogP contribution in [0.4, 0.5) is 5.69 Å². The van der Waals surface area contributed by atoms with E-state index in [1.165, 1.54) is 36.0 Å². The quantitative estimate of drug-likeness (QED) is 0.654. The average Bonchev–Trinajstić information content (AvgIpc) is 2.87. The summed E-state index contributed by atoms with van der Waals surface area (Å²) >= 11 is 7.76. The summed E-state index contributed by atoms with van der Waals surface area (Å²) in [4.78, 5) is 1.06. The van der Waals surface area contributed by atoms with E-state index in [1.54, 1.807) is 11.8 Å². The third kappa shape index (κ3) is 2.90. The molecule has 0 amide bonds. The molecule has 0 bridgehead atoms. The molecule has 0 unspecified atom stereocenters. The van der Waals surface area contributed by atoms with Gasteiger partial charge in [-0.3, -0.25) is 0 Å². The SMILES string of the molecule is Nc1ccc(Cl)cc1SCc1ccc2c(c1)CCC2. The number of rotatable bonds is 3. The minimum absolute atomic E-state index is 0.741. The van der Waals surface area contributed by atoms with Gasteiger partial charge in [-0.25, -0.2) is 0 Å². The first-order valence-corrected chi connectivity index (χ1v) is 7.87. The van der Waals surface area contributed by atoms with Crippen LogP contribution < -0.4 is 5.73 Å². The standard InChI is InChI=1S/C16H16ClNS/c17-14-6-7-15(18)16(9-14)19-10-11-4-5-12-2-1-3-13(12)8-11/h4-9H,1-3,10,18H2. The summed E-state index contributed by atoms with van der Waals surface area (Å²) in [7, 11) is 0. The molecule has 2 aromatic carbocycles. The molecule has 0 saturated carbocycles. The van der Waals surface area contributed by atoms with Gasteiger partial charge in [0.15, 0.2) is 0 Å². The number of hydrogen-bond donors (Lipinski definition) is 1. The van der Waals surface area contributed by atoms with E-state index in [9.17, 15) is 0 Å². The highest BCUT2D eigenvalue weighted by Crippen LogP contribution is 2.32. The smallest absolute Gasteiger partial charge is 0.0453 e. The lowest BCUT2D eigenvalue weighted by atomic mass is 10.1. The van der Waals surface area contributed by atoms with E-state index in [-0.39, 0.29) is 0 Å². The van der Waals surface area contributed by atoms with Gasteiger partial charge in [0.1, 0.15) is 0 Å². The zero-order valence-corrected chi connectivity index (χ0v) is 12.2. The maximum absolute atomic E-state index is 6.01. The molecular weight excluding hydrogens is 274 g/mol. The molecule has 2 N–H and O–H groups in total. The summed E-state index contributed by atoms with van der Waals surface area (Å²) in [5.41, 5.74) is 11.2. The number of halogens is 1. The molecule has 0 atom stereocenters. The Morgan fingerprint density at radius 1 is 1.05 bits per heavy atom. The van der Waals surface area contributed by atoms with Crippen LogP contribution in [0.2, 0.25) is 5.02 Å². The number of anilines is 1. The molecule has 1 nitrogen and oxygen atoms in total. The number of thioether (sulfide) groups is 1. The van der Waals surface area contributed by atoms with Crippen LogP contribution >= 0.6 is 23.4 Å². The number of nitrogen functional groups attached to an aromatic ring is 1. The summed E-state index contributed by atoms with van der Waals surface area (Å²) in [5, 5.41) is 0.741. The van der Waals surface area contributed by atoms with Crippen LogP contribution in [0.5, 0.6) is 0 Å². The van der Waals surface area contributed by atoms with Crippen molar-refractivity contribution >= 4 is 29.1 Å². The lowest BCUT2D eigenvalue weighted by Gasteiger charge is -2.07. The third-order valence-corrected chi connectivity index (χ3v) is 4.91. The molecular formula is C16H16ClNS. The van der Waals surface area contributed by atoms with Gasteiger partial charge in [0.2, 0.25) is 0 Å². The highest BCUT2D eigenvalue weighted by Gasteiger charge is 2.11. The zero-order valence-electron chi connectivity index (χ0n) is 10.7. The monoisotopic (exact) mass is 289 g/mol. The van der Waals surface area contributed by atoms with E-state index in [4.69, 9.17) is 17.3 Å². The molecule has 2 aromatic rings. The molecule has 0 aromatic heterocycles. The molecule has 3 heteroatoms. The van der Waals surface area contributed by atoms with E-state index >= 15 is 0 Å². The Morgan fingerprint density at radius 3 is 2.79 bits per heavy atom. The van der Waals surface area contributed by atoms with Crippen molar-refractivity contribution in [3.8, 4) is 0 Å². The molecule has 0 radical (unpaired) electrons. The van der Waals surface area contributed by atoms with Gasteiger partial charge >= 0.3 is 0 Å². The van der Waals surface area contributed by atoms with Gasteiger partial charge in [0, 0.05) is 21.4 Å². The Bertz CT molecular complexity index is 610. The molecule has 98 valence electrons. The number of aryl methyl sites for hydroxylation is 2. The van der Waals surface area contributed by atoms with Crippen LogP contribution in [0.1, 0.15) is 23.1 Å². The van der Waals surface area contributed by atoms with Crippen LogP contribution in [0.3, 0.4) is 0 Å². The second kappa shape index (κ2) is 5.48. The number of hydrogen-bond acceptors (Lipinski definition) is 2. The fourth-order valence-electron chi connectivity index (χ4n) is 2.51. The first kappa shape index (κ1) is 12.9. The predicted octanol–water partition coefficient (Wildman–Crippen LogP) is 4.70. The molecule has 0 saturated heterocycles. The second-order valence-electron chi connectivity index (χ2n) is 4.93. The van der Waals surface area contributed by atoms with Crippen LogP contribution in [-0.4, -0.2) is 0 Å². The zero-order chi connectivity index (χ0) is 13.2. The van der Waals surface area contributed by atoms with Gasteiger partial charge in [0.25, 0.3) is 0 Å². The lowest BCUT2D eigenvalue weighted by Crippen LogP contribution is -1.90. The van der Waals surface area contributed by atoms with Crippen LogP contribution in [0.15, 0.2) is 41.3 Å².